The standard InChI is InChI=1S/C24H38O5/c1-28-23(25)18-13-11-9-7-5-3-2-4-6-8-10-12-14-19-29-22-17-15-16-21(20-22)24(26)27/h15-17,20H,2-14,18-19H2,1H3,(H,26,27). The molecule has 0 aliphatic heterocycles. The molecular weight excluding hydrogens is 368 g/mol. The molecule has 5 nitrogen and oxygen atoms in total. The second-order valence-corrected chi connectivity index (χ2v) is 7.60. The summed E-state index contributed by atoms with van der Waals surface area (Å²) in [5, 5.41) is 8.97. The highest BCUT2D eigenvalue weighted by molar-refractivity contribution is 5.87. The minimum atomic E-state index is -0.925. The minimum absolute atomic E-state index is 0.0944. The van der Waals surface area contributed by atoms with Gasteiger partial charge in [0, 0.05) is 6.42 Å². The van der Waals surface area contributed by atoms with E-state index in [1.54, 1.807) is 24.3 Å². The third kappa shape index (κ3) is 13.7. The second-order valence-electron chi connectivity index (χ2n) is 7.60. The van der Waals surface area contributed by atoms with E-state index in [9.17, 15) is 9.59 Å². The summed E-state index contributed by atoms with van der Waals surface area (Å²) in [4.78, 5) is 21.9. The molecule has 1 aromatic rings. The highest BCUT2D eigenvalue weighted by atomic mass is 16.5. The Labute approximate surface area is 175 Å². The number of rotatable bonds is 18. The van der Waals surface area contributed by atoms with E-state index in [0.29, 0.717) is 18.8 Å². The van der Waals surface area contributed by atoms with Gasteiger partial charge in [0.1, 0.15) is 5.75 Å². The summed E-state index contributed by atoms with van der Waals surface area (Å²) in [6.07, 6.45) is 16.4. The number of carbonyl (C=O) groups excluding carboxylic acids is 1. The monoisotopic (exact) mass is 406 g/mol. The Kier molecular flexibility index (Phi) is 14.5. The number of hydrogen-bond donors (Lipinski definition) is 1. The van der Waals surface area contributed by atoms with Gasteiger partial charge in [0.15, 0.2) is 0 Å². The number of ether oxygens (including phenoxy) is 2. The van der Waals surface area contributed by atoms with E-state index in [2.05, 4.69) is 4.74 Å². The average Bonchev–Trinajstić information content (AvgIpc) is 2.73. The van der Waals surface area contributed by atoms with E-state index in [0.717, 1.165) is 25.7 Å². The van der Waals surface area contributed by atoms with E-state index < -0.39 is 5.97 Å². The molecule has 29 heavy (non-hydrogen) atoms. The number of hydrogen-bond acceptors (Lipinski definition) is 4. The fourth-order valence-corrected chi connectivity index (χ4v) is 3.33. The van der Waals surface area contributed by atoms with Gasteiger partial charge in [-0.05, 0) is 31.0 Å². The highest BCUT2D eigenvalue weighted by Crippen LogP contribution is 2.15. The van der Waals surface area contributed by atoms with Gasteiger partial charge < -0.3 is 14.6 Å². The lowest BCUT2D eigenvalue weighted by molar-refractivity contribution is -0.140. The smallest absolute Gasteiger partial charge is 0.335 e. The lowest BCUT2D eigenvalue weighted by Gasteiger charge is -2.07. The Morgan fingerprint density at radius 2 is 1.31 bits per heavy atom. The second kappa shape index (κ2) is 16.9. The Morgan fingerprint density at radius 3 is 1.83 bits per heavy atom. The molecule has 0 saturated carbocycles. The fraction of sp³-hybridized carbons (Fsp3) is 0.667. The normalized spacial score (nSPS) is 10.7. The first-order valence-corrected chi connectivity index (χ1v) is 11.2. The summed E-state index contributed by atoms with van der Waals surface area (Å²) in [5.74, 6) is -0.387. The predicted molar refractivity (Wildman–Crippen MR) is 116 cm³/mol. The third-order valence-corrected chi connectivity index (χ3v) is 5.10. The molecule has 164 valence electrons. The topological polar surface area (TPSA) is 72.8 Å². The first kappa shape index (κ1) is 25.0. The molecule has 0 radical (unpaired) electrons. The predicted octanol–water partition coefficient (Wildman–Crippen LogP) is 6.40. The number of carbonyl (C=O) groups is 2. The molecular formula is C24H38O5. The molecule has 0 aliphatic carbocycles. The Balaban J connectivity index is 1.82. The van der Waals surface area contributed by atoms with E-state index in [4.69, 9.17) is 9.84 Å². The van der Waals surface area contributed by atoms with E-state index in [-0.39, 0.29) is 11.5 Å². The summed E-state index contributed by atoms with van der Waals surface area (Å²) in [7, 11) is 1.45. The molecule has 0 saturated heterocycles. The number of carboxylic acid groups (broad SMARTS) is 1. The van der Waals surface area contributed by atoms with Crippen LogP contribution in [-0.4, -0.2) is 30.8 Å². The van der Waals surface area contributed by atoms with Crippen molar-refractivity contribution in [1.29, 1.82) is 0 Å². The van der Waals surface area contributed by atoms with Crippen molar-refractivity contribution in [3.8, 4) is 5.75 Å². The minimum Gasteiger partial charge on any atom is -0.494 e. The molecule has 1 aromatic carbocycles. The number of esters is 1. The number of carboxylic acids is 1. The molecule has 0 aliphatic rings. The van der Waals surface area contributed by atoms with Crippen molar-refractivity contribution in [1.82, 2.24) is 0 Å². The molecule has 0 heterocycles. The van der Waals surface area contributed by atoms with Crippen LogP contribution in [0.1, 0.15) is 100 Å². The highest BCUT2D eigenvalue weighted by Gasteiger charge is 2.03. The Hall–Kier alpha value is -2.04. The number of unbranched alkanes of at least 4 members (excludes halogenated alkanes) is 12. The first-order chi connectivity index (χ1) is 14.1. The van der Waals surface area contributed by atoms with Crippen LogP contribution in [0.5, 0.6) is 5.75 Å². The quantitative estimate of drug-likeness (QED) is 0.226. The maximum absolute atomic E-state index is 11.0. The van der Waals surface area contributed by atoms with Gasteiger partial charge in [-0.15, -0.1) is 0 Å². The van der Waals surface area contributed by atoms with Crippen LogP contribution in [-0.2, 0) is 9.53 Å². The molecule has 1 rings (SSSR count). The molecule has 1 N–H and O–H groups in total. The number of methoxy groups -OCH3 is 1. The van der Waals surface area contributed by atoms with Gasteiger partial charge in [-0.3, -0.25) is 4.79 Å². The van der Waals surface area contributed by atoms with Gasteiger partial charge >= 0.3 is 11.9 Å². The molecule has 5 heteroatoms. The summed E-state index contributed by atoms with van der Waals surface area (Å²) in [6.45, 7) is 0.642. The van der Waals surface area contributed by atoms with Crippen LogP contribution >= 0.6 is 0 Å². The van der Waals surface area contributed by atoms with Crippen LogP contribution in [0.4, 0.5) is 0 Å². The van der Waals surface area contributed by atoms with Gasteiger partial charge in [-0.1, -0.05) is 76.7 Å². The molecule has 0 atom stereocenters. The maximum Gasteiger partial charge on any atom is 0.335 e. The average molecular weight is 407 g/mol. The maximum atomic E-state index is 11.0. The van der Waals surface area contributed by atoms with Crippen LogP contribution in [0.15, 0.2) is 24.3 Å². The van der Waals surface area contributed by atoms with Crippen LogP contribution in [0, 0.1) is 0 Å². The van der Waals surface area contributed by atoms with Gasteiger partial charge in [-0.25, -0.2) is 4.79 Å². The van der Waals surface area contributed by atoms with Crippen LogP contribution in [0.25, 0.3) is 0 Å². The van der Waals surface area contributed by atoms with Gasteiger partial charge in [0.05, 0.1) is 19.3 Å². The Morgan fingerprint density at radius 1 is 0.793 bits per heavy atom. The molecule has 0 spiro atoms. The molecule has 0 bridgehead atoms. The van der Waals surface area contributed by atoms with Crippen molar-refractivity contribution >= 4 is 11.9 Å². The molecule has 0 amide bonds. The molecule has 0 fully saturated rings. The number of aromatic carboxylic acids is 1. The number of benzene rings is 1. The summed E-state index contributed by atoms with van der Waals surface area (Å²) < 4.78 is 10.3. The van der Waals surface area contributed by atoms with E-state index in [1.807, 2.05) is 0 Å². The van der Waals surface area contributed by atoms with Gasteiger partial charge in [-0.2, -0.15) is 0 Å². The van der Waals surface area contributed by atoms with Gasteiger partial charge in [0.25, 0.3) is 0 Å². The largest absolute Gasteiger partial charge is 0.494 e. The third-order valence-electron chi connectivity index (χ3n) is 5.10. The fourth-order valence-electron chi connectivity index (χ4n) is 3.33. The van der Waals surface area contributed by atoms with E-state index in [1.165, 1.54) is 64.9 Å². The van der Waals surface area contributed by atoms with Crippen molar-refractivity contribution in [2.24, 2.45) is 0 Å². The molecule has 0 unspecified atom stereocenters. The lowest BCUT2D eigenvalue weighted by Crippen LogP contribution is -2.00. The van der Waals surface area contributed by atoms with Crippen molar-refractivity contribution in [2.45, 2.75) is 89.9 Å². The van der Waals surface area contributed by atoms with Crippen molar-refractivity contribution < 1.29 is 24.2 Å². The molecule has 0 aromatic heterocycles. The summed E-state index contributed by atoms with van der Waals surface area (Å²) >= 11 is 0. The van der Waals surface area contributed by atoms with Crippen molar-refractivity contribution in [3.05, 3.63) is 29.8 Å². The lowest BCUT2D eigenvalue weighted by atomic mass is 10.0. The van der Waals surface area contributed by atoms with Crippen molar-refractivity contribution in [3.63, 3.8) is 0 Å². The zero-order valence-corrected chi connectivity index (χ0v) is 18.0. The Bertz CT molecular complexity index is 570. The van der Waals surface area contributed by atoms with E-state index >= 15 is 0 Å². The van der Waals surface area contributed by atoms with Crippen LogP contribution < -0.4 is 4.74 Å². The van der Waals surface area contributed by atoms with Crippen LogP contribution in [0.3, 0.4) is 0 Å². The zero-order valence-electron chi connectivity index (χ0n) is 18.0. The van der Waals surface area contributed by atoms with Gasteiger partial charge in [0.2, 0.25) is 0 Å². The SMILES string of the molecule is COC(=O)CCCCCCCCCCCCCCCOc1cccc(C(=O)O)c1. The van der Waals surface area contributed by atoms with Crippen molar-refractivity contribution in [2.75, 3.05) is 13.7 Å². The summed E-state index contributed by atoms with van der Waals surface area (Å²) in [6, 6.07) is 6.66. The first-order valence-electron chi connectivity index (χ1n) is 11.2. The zero-order chi connectivity index (χ0) is 21.2. The summed E-state index contributed by atoms with van der Waals surface area (Å²) in [5.41, 5.74) is 0.265. The van der Waals surface area contributed by atoms with Crippen LogP contribution in [0.2, 0.25) is 0 Å².